The summed E-state index contributed by atoms with van der Waals surface area (Å²) in [5.74, 6) is 0.0772. The van der Waals surface area contributed by atoms with Crippen molar-refractivity contribution in [3.05, 3.63) is 71.8 Å². The minimum absolute atomic E-state index is 0.0772. The summed E-state index contributed by atoms with van der Waals surface area (Å²) in [6, 6.07) is 21.2. The van der Waals surface area contributed by atoms with Crippen molar-refractivity contribution in [3.63, 3.8) is 0 Å². The quantitative estimate of drug-likeness (QED) is 0.618. The van der Waals surface area contributed by atoms with Crippen molar-refractivity contribution in [2.75, 3.05) is 32.8 Å². The molecule has 5 rings (SSSR count). The summed E-state index contributed by atoms with van der Waals surface area (Å²) in [7, 11) is 0. The molecule has 5 atom stereocenters. The van der Waals surface area contributed by atoms with Crippen LogP contribution in [0.3, 0.4) is 0 Å². The van der Waals surface area contributed by atoms with E-state index in [0.29, 0.717) is 26.2 Å². The molecule has 2 aromatic rings. The first-order valence-corrected chi connectivity index (χ1v) is 13.4. The molecule has 0 spiro atoms. The summed E-state index contributed by atoms with van der Waals surface area (Å²) in [4.78, 5) is 17.6. The maximum atomic E-state index is 12.9. The summed E-state index contributed by atoms with van der Waals surface area (Å²) in [5, 5.41) is 13.6. The summed E-state index contributed by atoms with van der Waals surface area (Å²) in [6.07, 6.45) is 2.44. The molecular formula is C29H39N3O4. The highest BCUT2D eigenvalue weighted by Crippen LogP contribution is 2.29. The molecule has 0 aliphatic carbocycles. The van der Waals surface area contributed by atoms with Gasteiger partial charge in [-0.05, 0) is 30.4 Å². The van der Waals surface area contributed by atoms with Crippen LogP contribution in [-0.4, -0.2) is 84.1 Å². The molecule has 0 radical (unpaired) electrons. The number of nitrogens with zero attached hydrogens (tertiary/aromatic N) is 2. The zero-order valence-electron chi connectivity index (χ0n) is 21.0. The number of nitrogens with one attached hydrogen (secondary N) is 1. The molecule has 3 aliphatic rings. The minimum atomic E-state index is -0.508. The third-order valence-electron chi connectivity index (χ3n) is 7.62. The Morgan fingerprint density at radius 1 is 0.917 bits per heavy atom. The molecule has 1 amide bonds. The molecule has 3 heterocycles. The molecule has 7 heteroatoms. The molecule has 3 fully saturated rings. The Morgan fingerprint density at radius 2 is 1.64 bits per heavy atom. The fourth-order valence-corrected chi connectivity index (χ4v) is 5.87. The minimum Gasteiger partial charge on any atom is -0.389 e. The number of fused-ring (bicyclic) bond motifs is 1. The molecule has 2 N–H and O–H groups in total. The maximum Gasteiger partial charge on any atom is 0.222 e. The van der Waals surface area contributed by atoms with Gasteiger partial charge in [0.2, 0.25) is 5.91 Å². The molecule has 0 saturated carbocycles. The zero-order chi connectivity index (χ0) is 24.7. The van der Waals surface area contributed by atoms with Crippen LogP contribution < -0.4 is 5.32 Å². The summed E-state index contributed by atoms with van der Waals surface area (Å²) in [6.45, 7) is 4.91. The Morgan fingerprint density at radius 3 is 2.39 bits per heavy atom. The van der Waals surface area contributed by atoms with E-state index in [1.807, 2.05) is 24.3 Å². The number of β-amino-alcohol motifs (C(OH)–C–C–N with tert-alkyl or cyclic N) is 1. The van der Waals surface area contributed by atoms with Crippen LogP contribution >= 0.6 is 0 Å². The third kappa shape index (κ3) is 6.93. The Hall–Kier alpha value is -2.29. The van der Waals surface area contributed by atoms with Gasteiger partial charge in [0.15, 0.2) is 0 Å². The van der Waals surface area contributed by atoms with Crippen LogP contribution in [0.25, 0.3) is 0 Å². The monoisotopic (exact) mass is 493 g/mol. The van der Waals surface area contributed by atoms with Crippen LogP contribution in [0, 0.1) is 0 Å². The molecular weight excluding hydrogens is 454 g/mol. The lowest BCUT2D eigenvalue weighted by Crippen LogP contribution is -2.55. The highest BCUT2D eigenvalue weighted by Gasteiger charge is 2.38. The van der Waals surface area contributed by atoms with Crippen molar-refractivity contribution >= 4 is 5.91 Å². The van der Waals surface area contributed by atoms with Gasteiger partial charge in [0, 0.05) is 44.8 Å². The average molecular weight is 494 g/mol. The Balaban J connectivity index is 1.11. The van der Waals surface area contributed by atoms with Gasteiger partial charge in [-0.1, -0.05) is 60.7 Å². The van der Waals surface area contributed by atoms with Crippen LogP contribution in [0.1, 0.15) is 36.8 Å². The highest BCUT2D eigenvalue weighted by atomic mass is 16.5. The van der Waals surface area contributed by atoms with E-state index in [2.05, 4.69) is 51.5 Å². The number of hydrogen-bond donors (Lipinski definition) is 2. The van der Waals surface area contributed by atoms with Crippen molar-refractivity contribution < 1.29 is 19.4 Å². The van der Waals surface area contributed by atoms with Crippen LogP contribution in [0.5, 0.6) is 0 Å². The number of carbonyl (C=O) groups is 1. The second-order valence-corrected chi connectivity index (χ2v) is 10.5. The lowest BCUT2D eigenvalue weighted by atomic mass is 9.94. The fraction of sp³-hybridized carbons (Fsp3) is 0.552. The maximum absolute atomic E-state index is 12.9. The van der Waals surface area contributed by atoms with Crippen molar-refractivity contribution in [1.29, 1.82) is 0 Å². The normalized spacial score (nSPS) is 29.8. The molecule has 2 aromatic carbocycles. The second kappa shape index (κ2) is 12.3. The predicted octanol–water partition coefficient (Wildman–Crippen LogP) is 2.58. The van der Waals surface area contributed by atoms with E-state index in [1.54, 1.807) is 0 Å². The number of aliphatic hydroxyl groups excluding tert-OH is 1. The van der Waals surface area contributed by atoms with E-state index in [0.717, 1.165) is 45.4 Å². The molecule has 194 valence electrons. The summed E-state index contributed by atoms with van der Waals surface area (Å²) < 4.78 is 12.2. The Bertz CT molecular complexity index is 960. The molecule has 0 aromatic heterocycles. The van der Waals surface area contributed by atoms with Gasteiger partial charge in [0.05, 0.1) is 37.9 Å². The van der Waals surface area contributed by atoms with Gasteiger partial charge in [-0.3, -0.25) is 14.6 Å². The number of benzene rings is 2. The molecule has 3 aliphatic heterocycles. The third-order valence-corrected chi connectivity index (χ3v) is 7.62. The summed E-state index contributed by atoms with van der Waals surface area (Å²) >= 11 is 0. The van der Waals surface area contributed by atoms with Crippen molar-refractivity contribution in [3.8, 4) is 0 Å². The largest absolute Gasteiger partial charge is 0.389 e. The van der Waals surface area contributed by atoms with Gasteiger partial charge in [0.25, 0.3) is 0 Å². The van der Waals surface area contributed by atoms with E-state index in [9.17, 15) is 9.90 Å². The first kappa shape index (κ1) is 25.4. The van der Waals surface area contributed by atoms with Gasteiger partial charge in [-0.2, -0.15) is 0 Å². The van der Waals surface area contributed by atoms with Crippen LogP contribution in [-0.2, 0) is 27.4 Å². The Labute approximate surface area is 214 Å². The fourth-order valence-electron chi connectivity index (χ4n) is 5.87. The highest BCUT2D eigenvalue weighted by molar-refractivity contribution is 5.76. The van der Waals surface area contributed by atoms with Crippen LogP contribution in [0.4, 0.5) is 0 Å². The van der Waals surface area contributed by atoms with Gasteiger partial charge >= 0.3 is 0 Å². The first-order chi connectivity index (χ1) is 17.6. The molecule has 7 nitrogen and oxygen atoms in total. The average Bonchev–Trinajstić information content (AvgIpc) is 3.30. The van der Waals surface area contributed by atoms with Crippen LogP contribution in [0.2, 0.25) is 0 Å². The van der Waals surface area contributed by atoms with Crippen molar-refractivity contribution in [2.24, 2.45) is 0 Å². The van der Waals surface area contributed by atoms with Crippen molar-refractivity contribution in [1.82, 2.24) is 15.1 Å². The number of aliphatic hydroxyl groups is 1. The van der Waals surface area contributed by atoms with Gasteiger partial charge in [0.1, 0.15) is 0 Å². The number of carbonyl (C=O) groups excluding carboxylic acids is 1. The Kier molecular flexibility index (Phi) is 8.67. The second-order valence-electron chi connectivity index (χ2n) is 10.5. The zero-order valence-corrected chi connectivity index (χ0v) is 21.0. The number of likely N-dealkylation sites (tertiary alicyclic amines) is 1. The SMILES string of the molecule is O=C(C[C@@H]1CC[C@H]2[C@@H](COC[C@@H](O)CN2Cc2ccccc2)O1)N[C@H]1CCN(Cc2ccccc2)C1. The van der Waals surface area contributed by atoms with E-state index >= 15 is 0 Å². The molecule has 0 bridgehead atoms. The van der Waals surface area contributed by atoms with Gasteiger partial charge in [-0.15, -0.1) is 0 Å². The molecule has 0 unspecified atom stereocenters. The number of hydrogen-bond acceptors (Lipinski definition) is 6. The smallest absolute Gasteiger partial charge is 0.222 e. The standard InChI is InChI=1S/C29H39N3O4/c33-25-19-32(17-23-9-5-2-6-10-23)27-12-11-26(36-28(27)21-35-20-25)15-29(34)30-24-13-14-31(18-24)16-22-7-3-1-4-8-22/h1-10,24-28,33H,11-21H2,(H,30,34)/t24-,25-,26-,27-,28+/m0/s1. The number of rotatable bonds is 7. The molecule has 36 heavy (non-hydrogen) atoms. The lowest BCUT2D eigenvalue weighted by molar-refractivity contribution is -0.158. The number of amides is 1. The lowest BCUT2D eigenvalue weighted by Gasteiger charge is -2.44. The topological polar surface area (TPSA) is 74.3 Å². The molecule has 3 saturated heterocycles. The van der Waals surface area contributed by atoms with Gasteiger partial charge in [-0.25, -0.2) is 0 Å². The first-order valence-electron chi connectivity index (χ1n) is 13.4. The van der Waals surface area contributed by atoms with E-state index < -0.39 is 6.10 Å². The van der Waals surface area contributed by atoms with Crippen LogP contribution in [0.15, 0.2) is 60.7 Å². The predicted molar refractivity (Wildman–Crippen MR) is 138 cm³/mol. The van der Waals surface area contributed by atoms with E-state index in [1.165, 1.54) is 11.1 Å². The van der Waals surface area contributed by atoms with E-state index in [-0.39, 0.29) is 30.2 Å². The number of ether oxygens (including phenoxy) is 2. The van der Waals surface area contributed by atoms with Crippen molar-refractivity contribution in [2.45, 2.75) is 69.2 Å². The van der Waals surface area contributed by atoms with E-state index in [4.69, 9.17) is 9.47 Å². The van der Waals surface area contributed by atoms with Gasteiger partial charge < -0.3 is 19.9 Å². The summed E-state index contributed by atoms with van der Waals surface area (Å²) in [5.41, 5.74) is 2.54.